The van der Waals surface area contributed by atoms with E-state index < -0.39 is 10.0 Å². The molecule has 1 aromatic rings. The van der Waals surface area contributed by atoms with Crippen LogP contribution >= 0.6 is 11.3 Å². The van der Waals surface area contributed by atoms with Gasteiger partial charge in [-0.15, -0.1) is 11.3 Å². The third-order valence-corrected chi connectivity index (χ3v) is 10.8. The third-order valence-electron chi connectivity index (χ3n) is 7.48. The van der Waals surface area contributed by atoms with Crippen molar-refractivity contribution in [3.8, 4) is 0 Å². The fourth-order valence-electron chi connectivity index (χ4n) is 5.44. The first-order valence-corrected chi connectivity index (χ1v) is 14.7. The second kappa shape index (κ2) is 10.9. The molecule has 33 heavy (non-hydrogen) atoms. The number of amides is 2. The van der Waals surface area contributed by atoms with Crippen molar-refractivity contribution < 1.29 is 18.0 Å². The highest BCUT2D eigenvalue weighted by atomic mass is 32.2. The molecule has 1 aliphatic carbocycles. The van der Waals surface area contributed by atoms with Gasteiger partial charge in [0.05, 0.1) is 5.92 Å². The van der Waals surface area contributed by atoms with Gasteiger partial charge in [0.15, 0.2) is 0 Å². The summed E-state index contributed by atoms with van der Waals surface area (Å²) in [7, 11) is -3.55. The zero-order valence-electron chi connectivity index (χ0n) is 19.7. The van der Waals surface area contributed by atoms with Crippen molar-refractivity contribution in [2.75, 3.05) is 39.3 Å². The first-order valence-electron chi connectivity index (χ1n) is 12.5. The van der Waals surface area contributed by atoms with E-state index >= 15 is 0 Å². The number of carbonyl (C=O) groups excluding carboxylic acids is 2. The Bertz CT molecular complexity index is 931. The molecule has 3 aliphatic rings. The minimum atomic E-state index is -3.55. The largest absolute Gasteiger partial charge is 0.339 e. The van der Waals surface area contributed by atoms with E-state index in [4.69, 9.17) is 0 Å². The van der Waals surface area contributed by atoms with Gasteiger partial charge in [-0.05, 0) is 44.2 Å². The number of thiophene rings is 1. The van der Waals surface area contributed by atoms with Crippen LogP contribution in [0.1, 0.15) is 62.7 Å². The van der Waals surface area contributed by atoms with Gasteiger partial charge in [0.2, 0.25) is 11.8 Å². The van der Waals surface area contributed by atoms with Gasteiger partial charge < -0.3 is 9.80 Å². The maximum Gasteiger partial charge on any atom is 0.252 e. The third kappa shape index (κ3) is 5.98. The van der Waals surface area contributed by atoms with Gasteiger partial charge in [-0.25, -0.2) is 8.42 Å². The monoisotopic (exact) mass is 495 g/mol. The Kier molecular flexibility index (Phi) is 8.12. The average Bonchev–Trinajstić information content (AvgIpc) is 3.30. The van der Waals surface area contributed by atoms with Gasteiger partial charge in [-0.1, -0.05) is 32.1 Å². The predicted molar refractivity (Wildman–Crippen MR) is 130 cm³/mol. The molecule has 1 saturated carbocycles. The molecule has 0 bridgehead atoms. The van der Waals surface area contributed by atoms with Crippen LogP contribution in [0.3, 0.4) is 0 Å². The minimum absolute atomic E-state index is 0.0339. The summed E-state index contributed by atoms with van der Waals surface area (Å²) in [5, 5.41) is 0. The van der Waals surface area contributed by atoms with Crippen molar-refractivity contribution >= 4 is 33.2 Å². The van der Waals surface area contributed by atoms with Crippen LogP contribution < -0.4 is 0 Å². The predicted octanol–water partition coefficient (Wildman–Crippen LogP) is 3.49. The van der Waals surface area contributed by atoms with E-state index in [1.165, 1.54) is 47.7 Å². The molecule has 1 aromatic heterocycles. The summed E-state index contributed by atoms with van der Waals surface area (Å²) in [5.74, 6) is 0.651. The standard InChI is InChI=1S/C24H37N3O4S2/c1-19-9-12-23(32-19)33(30,31)27-13-5-8-21(18-27)24(29)26-16-14-25(15-17-26)22(28)11-10-20-6-3-2-4-7-20/h9,12,20-21H,2-8,10-11,13-18H2,1H3. The molecular weight excluding hydrogens is 458 g/mol. The summed E-state index contributed by atoms with van der Waals surface area (Å²) >= 11 is 1.28. The van der Waals surface area contributed by atoms with Gasteiger partial charge in [-0.3, -0.25) is 9.59 Å². The van der Waals surface area contributed by atoms with Crippen molar-refractivity contribution in [2.24, 2.45) is 11.8 Å². The Morgan fingerprint density at radius 2 is 1.64 bits per heavy atom. The lowest BCUT2D eigenvalue weighted by Crippen LogP contribution is -2.54. The lowest BCUT2D eigenvalue weighted by atomic mass is 9.86. The highest BCUT2D eigenvalue weighted by Gasteiger charge is 2.36. The molecule has 0 spiro atoms. The van der Waals surface area contributed by atoms with E-state index in [1.807, 2.05) is 22.8 Å². The lowest BCUT2D eigenvalue weighted by Gasteiger charge is -2.38. The van der Waals surface area contributed by atoms with Crippen LogP contribution in [0, 0.1) is 18.8 Å². The number of rotatable bonds is 6. The van der Waals surface area contributed by atoms with Gasteiger partial charge in [-0.2, -0.15) is 4.31 Å². The fraction of sp³-hybridized carbons (Fsp3) is 0.750. The summed E-state index contributed by atoms with van der Waals surface area (Å²) in [6.07, 6.45) is 9.47. The summed E-state index contributed by atoms with van der Waals surface area (Å²) in [4.78, 5) is 30.5. The number of aryl methyl sites for hydroxylation is 1. The fourth-order valence-corrected chi connectivity index (χ4v) is 8.40. The van der Waals surface area contributed by atoms with E-state index in [9.17, 15) is 18.0 Å². The number of carbonyl (C=O) groups is 2. The molecule has 1 atom stereocenters. The number of piperidine rings is 1. The zero-order chi connectivity index (χ0) is 23.4. The molecule has 0 radical (unpaired) electrons. The Morgan fingerprint density at radius 3 is 2.30 bits per heavy atom. The van der Waals surface area contributed by atoms with E-state index in [-0.39, 0.29) is 24.3 Å². The Balaban J connectivity index is 1.26. The van der Waals surface area contributed by atoms with Gasteiger partial charge >= 0.3 is 0 Å². The van der Waals surface area contributed by atoms with E-state index in [0.29, 0.717) is 55.7 Å². The van der Waals surface area contributed by atoms with Crippen molar-refractivity contribution in [2.45, 2.75) is 68.9 Å². The molecule has 2 amide bonds. The molecule has 7 nitrogen and oxygen atoms in total. The number of piperazine rings is 1. The second-order valence-corrected chi connectivity index (χ2v) is 13.3. The molecular formula is C24H37N3O4S2. The molecule has 0 N–H and O–H groups in total. The molecule has 2 saturated heterocycles. The Hall–Kier alpha value is -1.45. The molecule has 9 heteroatoms. The highest BCUT2D eigenvalue weighted by Crippen LogP contribution is 2.30. The van der Waals surface area contributed by atoms with E-state index in [1.54, 1.807) is 6.07 Å². The Morgan fingerprint density at radius 1 is 0.939 bits per heavy atom. The Labute approximate surface area is 202 Å². The van der Waals surface area contributed by atoms with Gasteiger partial charge in [0.25, 0.3) is 10.0 Å². The average molecular weight is 496 g/mol. The summed E-state index contributed by atoms with van der Waals surface area (Å²) in [6, 6.07) is 3.48. The van der Waals surface area contributed by atoms with Crippen LogP contribution in [-0.4, -0.2) is 73.6 Å². The molecule has 1 unspecified atom stereocenters. The first kappa shape index (κ1) is 24.7. The van der Waals surface area contributed by atoms with Crippen LogP contribution in [-0.2, 0) is 19.6 Å². The first-order chi connectivity index (χ1) is 15.8. The maximum atomic E-state index is 13.2. The van der Waals surface area contributed by atoms with Crippen LogP contribution in [0.25, 0.3) is 0 Å². The highest BCUT2D eigenvalue weighted by molar-refractivity contribution is 7.91. The molecule has 3 heterocycles. The van der Waals surface area contributed by atoms with Gasteiger partial charge in [0.1, 0.15) is 4.21 Å². The van der Waals surface area contributed by atoms with Crippen LogP contribution in [0.4, 0.5) is 0 Å². The van der Waals surface area contributed by atoms with Crippen molar-refractivity contribution in [1.29, 1.82) is 0 Å². The van der Waals surface area contributed by atoms with Gasteiger partial charge in [0, 0.05) is 50.6 Å². The van der Waals surface area contributed by atoms with Crippen molar-refractivity contribution in [3.05, 3.63) is 17.0 Å². The summed E-state index contributed by atoms with van der Waals surface area (Å²) in [5.41, 5.74) is 0. The number of hydrogen-bond acceptors (Lipinski definition) is 5. The van der Waals surface area contributed by atoms with Crippen molar-refractivity contribution in [1.82, 2.24) is 14.1 Å². The van der Waals surface area contributed by atoms with Crippen LogP contribution in [0.5, 0.6) is 0 Å². The normalized spacial score (nSPS) is 23.6. The summed E-state index contributed by atoms with van der Waals surface area (Å²) < 4.78 is 27.8. The molecule has 2 aliphatic heterocycles. The quantitative estimate of drug-likeness (QED) is 0.605. The molecule has 3 fully saturated rings. The second-order valence-electron chi connectivity index (χ2n) is 9.82. The summed E-state index contributed by atoms with van der Waals surface area (Å²) in [6.45, 7) is 4.86. The number of sulfonamides is 1. The number of hydrogen-bond donors (Lipinski definition) is 0. The zero-order valence-corrected chi connectivity index (χ0v) is 21.3. The SMILES string of the molecule is Cc1ccc(S(=O)(=O)N2CCCC(C(=O)N3CCN(C(=O)CCC4CCCCC4)CC3)C2)s1. The topological polar surface area (TPSA) is 78.0 Å². The molecule has 184 valence electrons. The molecule has 0 aromatic carbocycles. The smallest absolute Gasteiger partial charge is 0.252 e. The molecule has 4 rings (SSSR count). The van der Waals surface area contributed by atoms with Crippen LogP contribution in [0.15, 0.2) is 16.3 Å². The minimum Gasteiger partial charge on any atom is -0.339 e. The lowest BCUT2D eigenvalue weighted by molar-refractivity contribution is -0.143. The van der Waals surface area contributed by atoms with E-state index in [0.717, 1.165) is 17.7 Å². The maximum absolute atomic E-state index is 13.2. The van der Waals surface area contributed by atoms with E-state index in [2.05, 4.69) is 0 Å². The van der Waals surface area contributed by atoms with Crippen molar-refractivity contribution in [3.63, 3.8) is 0 Å². The number of nitrogens with zero attached hydrogens (tertiary/aromatic N) is 3. The van der Waals surface area contributed by atoms with Crippen LogP contribution in [0.2, 0.25) is 0 Å².